The van der Waals surface area contributed by atoms with Gasteiger partial charge in [-0.2, -0.15) is 0 Å². The number of quaternary nitrogens is 1. The lowest BCUT2D eigenvalue weighted by Crippen LogP contribution is -3.13. The van der Waals surface area contributed by atoms with Crippen LogP contribution in [0, 0.1) is 5.92 Å². The summed E-state index contributed by atoms with van der Waals surface area (Å²) >= 11 is 6.50. The van der Waals surface area contributed by atoms with Crippen molar-refractivity contribution in [3.05, 3.63) is 64.7 Å². The fourth-order valence-electron chi connectivity index (χ4n) is 5.40. The van der Waals surface area contributed by atoms with Gasteiger partial charge in [0.2, 0.25) is 0 Å². The minimum Gasteiger partial charge on any atom is -0.493 e. The van der Waals surface area contributed by atoms with Crippen molar-refractivity contribution in [2.75, 3.05) is 13.2 Å². The van der Waals surface area contributed by atoms with Crippen LogP contribution in [0.4, 0.5) is 0 Å². The zero-order valence-electron chi connectivity index (χ0n) is 16.7. The van der Waals surface area contributed by atoms with Crippen LogP contribution in [0.1, 0.15) is 56.2 Å². The van der Waals surface area contributed by atoms with Gasteiger partial charge in [0.1, 0.15) is 18.3 Å². The molecule has 2 aliphatic rings. The Morgan fingerprint density at radius 3 is 2.71 bits per heavy atom. The smallest absolute Gasteiger partial charge is 0.128 e. The van der Waals surface area contributed by atoms with E-state index >= 15 is 0 Å². The molecule has 4 rings (SSSR count). The van der Waals surface area contributed by atoms with Crippen LogP contribution in [0.5, 0.6) is 5.75 Å². The molecule has 1 saturated carbocycles. The first-order valence-electron chi connectivity index (χ1n) is 10.6. The fourth-order valence-corrected chi connectivity index (χ4v) is 5.60. The molecule has 0 radical (unpaired) electrons. The number of piperidine rings is 1. The molecular formula is C24H31ClNO2+. The van der Waals surface area contributed by atoms with Crippen LogP contribution in [0.15, 0.2) is 48.5 Å². The molecule has 28 heavy (non-hydrogen) atoms. The maximum Gasteiger partial charge on any atom is 0.128 e. The van der Waals surface area contributed by atoms with Crippen molar-refractivity contribution in [1.82, 2.24) is 0 Å². The second-order valence-electron chi connectivity index (χ2n) is 8.33. The topological polar surface area (TPSA) is 33.9 Å². The van der Waals surface area contributed by atoms with Gasteiger partial charge in [0.05, 0.1) is 24.3 Å². The molecule has 150 valence electrons. The predicted octanol–water partition coefficient (Wildman–Crippen LogP) is 4.19. The number of fused-ring (bicyclic) bond motifs is 1. The molecular weight excluding hydrogens is 370 g/mol. The van der Waals surface area contributed by atoms with Gasteiger partial charge in [-0.3, -0.25) is 0 Å². The monoisotopic (exact) mass is 400 g/mol. The van der Waals surface area contributed by atoms with Crippen molar-refractivity contribution < 1.29 is 14.7 Å². The van der Waals surface area contributed by atoms with Gasteiger partial charge in [0.15, 0.2) is 0 Å². The number of rotatable bonds is 5. The first kappa shape index (κ1) is 19.8. The van der Waals surface area contributed by atoms with Gasteiger partial charge in [-0.25, -0.2) is 0 Å². The third-order valence-electron chi connectivity index (χ3n) is 6.72. The van der Waals surface area contributed by atoms with Crippen LogP contribution >= 0.6 is 11.6 Å². The minimum atomic E-state index is -0.549. The summed E-state index contributed by atoms with van der Waals surface area (Å²) in [6.45, 7) is 4.50. The normalized spacial score (nSPS) is 29.9. The Balaban J connectivity index is 1.74. The number of nitrogens with one attached hydrogen (secondary N) is 1. The molecule has 0 spiro atoms. The molecule has 0 amide bonds. The number of aliphatic hydroxyl groups is 1. The van der Waals surface area contributed by atoms with E-state index in [-0.39, 0.29) is 12.0 Å². The van der Waals surface area contributed by atoms with Gasteiger partial charge >= 0.3 is 0 Å². The molecule has 3 nitrogen and oxygen atoms in total. The summed E-state index contributed by atoms with van der Waals surface area (Å²) in [4.78, 5) is 1.48. The average molecular weight is 401 g/mol. The summed E-state index contributed by atoms with van der Waals surface area (Å²) < 4.78 is 6.00. The highest BCUT2D eigenvalue weighted by Gasteiger charge is 2.52. The molecule has 1 heterocycles. The highest BCUT2D eigenvalue weighted by Crippen LogP contribution is 2.45. The second kappa shape index (κ2) is 8.44. The summed E-state index contributed by atoms with van der Waals surface area (Å²) in [5, 5.41) is 12.3. The minimum absolute atomic E-state index is 0.220. The molecule has 1 unspecified atom stereocenters. The number of hydrogen-bond acceptors (Lipinski definition) is 2. The third-order valence-corrected chi connectivity index (χ3v) is 7.08. The first-order valence-corrected chi connectivity index (χ1v) is 11.0. The lowest BCUT2D eigenvalue weighted by molar-refractivity contribution is -0.958. The molecule has 0 aromatic heterocycles. The molecule has 0 bridgehead atoms. The molecule has 2 fully saturated rings. The Kier molecular flexibility index (Phi) is 5.96. The van der Waals surface area contributed by atoms with Crippen molar-refractivity contribution in [2.45, 2.75) is 57.2 Å². The van der Waals surface area contributed by atoms with Crippen LogP contribution in [0.25, 0.3) is 0 Å². The van der Waals surface area contributed by atoms with E-state index in [1.54, 1.807) is 0 Å². The lowest BCUT2D eigenvalue weighted by Gasteiger charge is -2.50. The number of likely N-dealkylation sites (tertiary alicyclic amines) is 1. The van der Waals surface area contributed by atoms with E-state index in [9.17, 15) is 5.11 Å². The fraction of sp³-hybridized carbons (Fsp3) is 0.500. The van der Waals surface area contributed by atoms with Gasteiger partial charge in [-0.15, -0.1) is 0 Å². The quantitative estimate of drug-likeness (QED) is 0.789. The Labute approximate surface area is 173 Å². The number of ether oxygens (including phenoxy) is 1. The van der Waals surface area contributed by atoms with E-state index < -0.39 is 5.60 Å². The highest BCUT2D eigenvalue weighted by molar-refractivity contribution is 6.31. The van der Waals surface area contributed by atoms with Gasteiger partial charge in [0.25, 0.3) is 0 Å². The zero-order chi connectivity index (χ0) is 19.6. The standard InChI is InChI=1S/C24H30ClNO2/c1-2-28-22-13-6-4-10-19(22)23-20-11-7-8-14-24(20,27)15-16-26(23)17-18-9-3-5-12-21(18)25/h3-6,9-10,12-13,20,23,27H,2,7-8,11,14-17H2,1H3/p+1/t20-,23+,24-/m0/s1. The van der Waals surface area contributed by atoms with E-state index in [4.69, 9.17) is 16.3 Å². The van der Waals surface area contributed by atoms with Crippen molar-refractivity contribution >= 4 is 11.6 Å². The molecule has 2 N–H and O–H groups in total. The average Bonchev–Trinajstić information content (AvgIpc) is 2.70. The number of halogens is 1. The van der Waals surface area contributed by atoms with E-state index in [1.165, 1.54) is 22.4 Å². The molecule has 2 aromatic carbocycles. The summed E-state index contributed by atoms with van der Waals surface area (Å²) in [5.41, 5.74) is 1.86. The number of para-hydroxylation sites is 1. The van der Waals surface area contributed by atoms with E-state index in [1.807, 2.05) is 25.1 Å². The Morgan fingerprint density at radius 2 is 1.89 bits per heavy atom. The zero-order valence-corrected chi connectivity index (χ0v) is 17.4. The summed E-state index contributed by atoms with van der Waals surface area (Å²) in [6, 6.07) is 16.8. The third kappa shape index (κ3) is 3.80. The van der Waals surface area contributed by atoms with Crippen molar-refractivity contribution in [1.29, 1.82) is 0 Å². The second-order valence-corrected chi connectivity index (χ2v) is 8.74. The van der Waals surface area contributed by atoms with Gasteiger partial charge in [-0.1, -0.05) is 54.8 Å². The van der Waals surface area contributed by atoms with Crippen LogP contribution in [0.2, 0.25) is 5.02 Å². The van der Waals surface area contributed by atoms with Crippen molar-refractivity contribution in [3.8, 4) is 5.75 Å². The predicted molar refractivity (Wildman–Crippen MR) is 113 cm³/mol. The molecule has 1 aliphatic heterocycles. The Morgan fingerprint density at radius 1 is 1.11 bits per heavy atom. The van der Waals surface area contributed by atoms with Crippen LogP contribution in [-0.4, -0.2) is 23.9 Å². The van der Waals surface area contributed by atoms with Gasteiger partial charge < -0.3 is 14.7 Å². The largest absolute Gasteiger partial charge is 0.493 e. The van der Waals surface area contributed by atoms with E-state index in [2.05, 4.69) is 30.3 Å². The highest BCUT2D eigenvalue weighted by atomic mass is 35.5. The number of benzene rings is 2. The summed E-state index contributed by atoms with van der Waals surface area (Å²) in [6.07, 6.45) is 5.19. The van der Waals surface area contributed by atoms with Crippen LogP contribution < -0.4 is 9.64 Å². The first-order chi connectivity index (χ1) is 13.6. The SMILES string of the molecule is CCOc1ccccc1[C@@H]1[C@@H]2CCCC[C@]2(O)CC[NH+]1Cc1ccccc1Cl. The van der Waals surface area contributed by atoms with Gasteiger partial charge in [-0.05, 0) is 38.0 Å². The maximum absolute atomic E-state index is 11.5. The van der Waals surface area contributed by atoms with Crippen LogP contribution in [0.3, 0.4) is 0 Å². The van der Waals surface area contributed by atoms with E-state index in [0.717, 1.165) is 49.5 Å². The van der Waals surface area contributed by atoms with Gasteiger partial charge in [0, 0.05) is 22.9 Å². The van der Waals surface area contributed by atoms with Crippen molar-refractivity contribution in [3.63, 3.8) is 0 Å². The Hall–Kier alpha value is -1.55. The number of hydrogen-bond donors (Lipinski definition) is 2. The van der Waals surface area contributed by atoms with Crippen LogP contribution in [-0.2, 0) is 6.54 Å². The summed E-state index contributed by atoms with van der Waals surface area (Å²) in [7, 11) is 0. The molecule has 4 heteroatoms. The molecule has 1 saturated heterocycles. The summed E-state index contributed by atoms with van der Waals surface area (Å²) in [5.74, 6) is 1.22. The molecule has 4 atom stereocenters. The maximum atomic E-state index is 11.5. The van der Waals surface area contributed by atoms with E-state index in [0.29, 0.717) is 6.61 Å². The lowest BCUT2D eigenvalue weighted by atomic mass is 9.66. The molecule has 1 aliphatic carbocycles. The Bertz CT molecular complexity index is 811. The molecule has 2 aromatic rings. The van der Waals surface area contributed by atoms with Crippen molar-refractivity contribution in [2.24, 2.45) is 5.92 Å².